The van der Waals surface area contributed by atoms with E-state index in [9.17, 15) is 0 Å². The smallest absolute Gasteiger partial charge is 0.0593 e. The van der Waals surface area contributed by atoms with Gasteiger partial charge in [-0.05, 0) is 32.4 Å². The molecule has 1 saturated carbocycles. The SMILES string of the molecule is CCNCCN(C)CCOCC1CC1. The Morgan fingerprint density at radius 1 is 1.36 bits per heavy atom. The van der Waals surface area contributed by atoms with Crippen molar-refractivity contribution in [1.82, 2.24) is 10.2 Å². The van der Waals surface area contributed by atoms with E-state index in [1.54, 1.807) is 0 Å². The van der Waals surface area contributed by atoms with Crippen molar-refractivity contribution in [2.45, 2.75) is 19.8 Å². The van der Waals surface area contributed by atoms with Gasteiger partial charge in [0, 0.05) is 26.2 Å². The van der Waals surface area contributed by atoms with E-state index in [2.05, 4.69) is 24.2 Å². The molecule has 1 rings (SSSR count). The summed E-state index contributed by atoms with van der Waals surface area (Å²) < 4.78 is 5.57. The first-order valence-corrected chi connectivity index (χ1v) is 5.80. The van der Waals surface area contributed by atoms with Gasteiger partial charge in [0.15, 0.2) is 0 Å². The molecule has 14 heavy (non-hydrogen) atoms. The summed E-state index contributed by atoms with van der Waals surface area (Å²) in [6, 6.07) is 0. The zero-order chi connectivity index (χ0) is 10.2. The third-order valence-corrected chi connectivity index (χ3v) is 2.59. The highest BCUT2D eigenvalue weighted by molar-refractivity contribution is 4.71. The zero-order valence-electron chi connectivity index (χ0n) is 9.59. The van der Waals surface area contributed by atoms with Gasteiger partial charge in [-0.25, -0.2) is 0 Å². The lowest BCUT2D eigenvalue weighted by molar-refractivity contribution is 0.104. The van der Waals surface area contributed by atoms with E-state index < -0.39 is 0 Å². The van der Waals surface area contributed by atoms with E-state index in [0.29, 0.717) is 0 Å². The molecule has 0 unspecified atom stereocenters. The number of ether oxygens (including phenoxy) is 1. The Kier molecular flexibility index (Phi) is 6.15. The van der Waals surface area contributed by atoms with Gasteiger partial charge in [-0.2, -0.15) is 0 Å². The van der Waals surface area contributed by atoms with Crippen molar-refractivity contribution in [3.63, 3.8) is 0 Å². The first-order valence-electron chi connectivity index (χ1n) is 5.80. The molecule has 1 aliphatic rings. The maximum absolute atomic E-state index is 5.57. The van der Waals surface area contributed by atoms with Crippen LogP contribution in [0.25, 0.3) is 0 Å². The quantitative estimate of drug-likeness (QED) is 0.561. The molecule has 1 fully saturated rings. The second kappa shape index (κ2) is 7.21. The minimum atomic E-state index is 0.888. The third-order valence-electron chi connectivity index (χ3n) is 2.59. The minimum Gasteiger partial charge on any atom is -0.380 e. The van der Waals surface area contributed by atoms with Crippen LogP contribution in [0.15, 0.2) is 0 Å². The summed E-state index contributed by atoms with van der Waals surface area (Å²) in [7, 11) is 2.15. The van der Waals surface area contributed by atoms with Gasteiger partial charge in [-0.15, -0.1) is 0 Å². The molecular formula is C11H24N2O. The van der Waals surface area contributed by atoms with Crippen LogP contribution in [0, 0.1) is 5.92 Å². The molecule has 0 spiro atoms. The predicted molar refractivity (Wildman–Crippen MR) is 59.6 cm³/mol. The van der Waals surface area contributed by atoms with Crippen LogP contribution >= 0.6 is 0 Å². The Hall–Kier alpha value is -0.120. The number of rotatable bonds is 9. The molecule has 84 valence electrons. The van der Waals surface area contributed by atoms with Crippen LogP contribution in [0.1, 0.15) is 19.8 Å². The molecule has 0 atom stereocenters. The van der Waals surface area contributed by atoms with Crippen molar-refractivity contribution in [1.29, 1.82) is 0 Å². The van der Waals surface area contributed by atoms with Crippen LogP contribution in [-0.2, 0) is 4.74 Å². The zero-order valence-corrected chi connectivity index (χ0v) is 9.59. The normalized spacial score (nSPS) is 16.5. The monoisotopic (exact) mass is 200 g/mol. The van der Waals surface area contributed by atoms with Crippen molar-refractivity contribution in [2.75, 3.05) is 46.4 Å². The molecule has 3 nitrogen and oxygen atoms in total. The number of nitrogens with one attached hydrogen (secondary N) is 1. The molecule has 0 saturated heterocycles. The molecule has 0 aromatic carbocycles. The molecule has 0 radical (unpaired) electrons. The van der Waals surface area contributed by atoms with Gasteiger partial charge >= 0.3 is 0 Å². The largest absolute Gasteiger partial charge is 0.380 e. The molecule has 0 aromatic rings. The molecule has 1 N–H and O–H groups in total. The summed E-state index contributed by atoms with van der Waals surface area (Å²) in [5, 5.41) is 3.32. The van der Waals surface area contributed by atoms with E-state index in [0.717, 1.165) is 45.3 Å². The fourth-order valence-electron chi connectivity index (χ4n) is 1.31. The van der Waals surface area contributed by atoms with Crippen LogP contribution in [-0.4, -0.2) is 51.3 Å². The van der Waals surface area contributed by atoms with Crippen LogP contribution in [0.2, 0.25) is 0 Å². The fourth-order valence-corrected chi connectivity index (χ4v) is 1.31. The number of likely N-dealkylation sites (N-methyl/N-ethyl adjacent to an activating group) is 2. The number of nitrogens with zero attached hydrogens (tertiary/aromatic N) is 1. The highest BCUT2D eigenvalue weighted by Crippen LogP contribution is 2.28. The topological polar surface area (TPSA) is 24.5 Å². The Morgan fingerprint density at radius 2 is 2.14 bits per heavy atom. The van der Waals surface area contributed by atoms with E-state index in [4.69, 9.17) is 4.74 Å². The van der Waals surface area contributed by atoms with Crippen LogP contribution in [0.5, 0.6) is 0 Å². The summed E-state index contributed by atoms with van der Waals surface area (Å²) in [5.41, 5.74) is 0. The standard InChI is InChI=1S/C11H24N2O/c1-3-12-6-7-13(2)8-9-14-10-11-4-5-11/h11-12H,3-10H2,1-2H3. The van der Waals surface area contributed by atoms with Gasteiger partial charge in [0.05, 0.1) is 6.61 Å². The molecule has 3 heteroatoms. The molecular weight excluding hydrogens is 176 g/mol. The average Bonchev–Trinajstić information content (AvgIpc) is 2.97. The second-order valence-electron chi connectivity index (χ2n) is 4.18. The van der Waals surface area contributed by atoms with Crippen molar-refractivity contribution < 1.29 is 4.74 Å². The van der Waals surface area contributed by atoms with Gasteiger partial charge in [-0.3, -0.25) is 0 Å². The highest BCUT2D eigenvalue weighted by Gasteiger charge is 2.20. The maximum Gasteiger partial charge on any atom is 0.0593 e. The van der Waals surface area contributed by atoms with Crippen LogP contribution in [0.4, 0.5) is 0 Å². The van der Waals surface area contributed by atoms with Gasteiger partial charge in [-0.1, -0.05) is 6.92 Å². The molecule has 0 bridgehead atoms. The first kappa shape index (κ1) is 12.0. The van der Waals surface area contributed by atoms with Crippen molar-refractivity contribution in [2.24, 2.45) is 5.92 Å². The van der Waals surface area contributed by atoms with Crippen molar-refractivity contribution >= 4 is 0 Å². The molecule has 0 heterocycles. The third kappa shape index (κ3) is 6.35. The summed E-state index contributed by atoms with van der Waals surface area (Å²) in [6.45, 7) is 8.32. The maximum atomic E-state index is 5.57. The molecule has 0 amide bonds. The Balaban J connectivity index is 1.78. The Labute approximate surface area is 87.8 Å². The summed E-state index contributed by atoms with van der Waals surface area (Å²) in [6.07, 6.45) is 2.77. The van der Waals surface area contributed by atoms with E-state index in [1.165, 1.54) is 12.8 Å². The Morgan fingerprint density at radius 3 is 2.79 bits per heavy atom. The highest BCUT2D eigenvalue weighted by atomic mass is 16.5. The summed E-state index contributed by atoms with van der Waals surface area (Å²) >= 11 is 0. The first-order chi connectivity index (χ1) is 6.83. The van der Waals surface area contributed by atoms with Crippen molar-refractivity contribution in [3.8, 4) is 0 Å². The number of hydrogen-bond acceptors (Lipinski definition) is 3. The molecule has 1 aliphatic carbocycles. The lowest BCUT2D eigenvalue weighted by Crippen LogP contribution is -2.31. The fraction of sp³-hybridized carbons (Fsp3) is 1.00. The minimum absolute atomic E-state index is 0.888. The summed E-state index contributed by atoms with van der Waals surface area (Å²) in [5.74, 6) is 0.891. The predicted octanol–water partition coefficient (Wildman–Crippen LogP) is 0.954. The van der Waals surface area contributed by atoms with E-state index in [1.807, 2.05) is 0 Å². The Bertz CT molecular complexity index is 137. The lowest BCUT2D eigenvalue weighted by Gasteiger charge is -2.16. The van der Waals surface area contributed by atoms with Gasteiger partial charge in [0.1, 0.15) is 0 Å². The second-order valence-corrected chi connectivity index (χ2v) is 4.18. The lowest BCUT2D eigenvalue weighted by atomic mass is 10.4. The summed E-state index contributed by atoms with van der Waals surface area (Å²) in [4.78, 5) is 2.32. The van der Waals surface area contributed by atoms with Gasteiger partial charge in [0.2, 0.25) is 0 Å². The van der Waals surface area contributed by atoms with Crippen LogP contribution < -0.4 is 5.32 Å². The van der Waals surface area contributed by atoms with E-state index in [-0.39, 0.29) is 0 Å². The average molecular weight is 200 g/mol. The molecule has 0 aliphatic heterocycles. The van der Waals surface area contributed by atoms with Crippen molar-refractivity contribution in [3.05, 3.63) is 0 Å². The van der Waals surface area contributed by atoms with E-state index >= 15 is 0 Å². The van der Waals surface area contributed by atoms with Gasteiger partial charge < -0.3 is 15.0 Å². The number of hydrogen-bond donors (Lipinski definition) is 1. The van der Waals surface area contributed by atoms with Gasteiger partial charge in [0.25, 0.3) is 0 Å². The molecule has 0 aromatic heterocycles. The van der Waals surface area contributed by atoms with Crippen LogP contribution in [0.3, 0.4) is 0 Å².